The van der Waals surface area contributed by atoms with Gasteiger partial charge in [0.25, 0.3) is 0 Å². The van der Waals surface area contributed by atoms with Gasteiger partial charge in [-0.1, -0.05) is 35.5 Å². The van der Waals surface area contributed by atoms with Gasteiger partial charge < -0.3 is 18.7 Å². The van der Waals surface area contributed by atoms with Gasteiger partial charge in [0.1, 0.15) is 11.5 Å². The average molecular weight is 393 g/mol. The number of benzene rings is 1. The van der Waals surface area contributed by atoms with Crippen LogP contribution in [-0.2, 0) is 17.9 Å². The predicted molar refractivity (Wildman–Crippen MR) is 111 cm³/mol. The van der Waals surface area contributed by atoms with E-state index in [4.69, 9.17) is 8.94 Å². The smallest absolute Gasteiger partial charge is 0.232 e. The van der Waals surface area contributed by atoms with Gasteiger partial charge in [-0.2, -0.15) is 0 Å². The Morgan fingerprint density at radius 2 is 1.90 bits per heavy atom. The number of hydrogen-bond donors (Lipinski definition) is 0. The Bertz CT molecular complexity index is 943. The van der Waals surface area contributed by atoms with Crippen molar-refractivity contribution in [1.29, 1.82) is 0 Å². The second-order valence-electron chi connectivity index (χ2n) is 7.93. The zero-order valence-corrected chi connectivity index (χ0v) is 17.2. The molecule has 2 aromatic heterocycles. The highest BCUT2D eigenvalue weighted by Crippen LogP contribution is 2.36. The summed E-state index contributed by atoms with van der Waals surface area (Å²) < 4.78 is 11.3. The summed E-state index contributed by atoms with van der Waals surface area (Å²) in [6, 6.07) is 14.0. The van der Waals surface area contributed by atoms with Crippen LogP contribution in [0.15, 0.2) is 57.7 Å². The van der Waals surface area contributed by atoms with Crippen LogP contribution in [0.5, 0.6) is 0 Å². The molecule has 4 rings (SSSR count). The maximum atomic E-state index is 13.0. The number of amides is 1. The first-order valence-electron chi connectivity index (χ1n) is 10.1. The summed E-state index contributed by atoms with van der Waals surface area (Å²) in [4.78, 5) is 17.0. The molecule has 1 fully saturated rings. The summed E-state index contributed by atoms with van der Waals surface area (Å²) in [6.45, 7) is 5.07. The molecule has 0 N–H and O–H groups in total. The first-order valence-corrected chi connectivity index (χ1v) is 10.1. The van der Waals surface area contributed by atoms with Crippen molar-refractivity contribution >= 4 is 11.8 Å². The number of furan rings is 1. The standard InChI is InChI=1S/C23H27N3O3/c1-16(2)25(3)23-20(21(24-29-23)17-8-5-4-6-9-17)15-26(22(27)18-11-12-18)14-19-10-7-13-28-19/h4-10,13,16,18H,11-12,14-15H2,1-3H3. The van der Waals surface area contributed by atoms with Gasteiger partial charge in [0.15, 0.2) is 0 Å². The van der Waals surface area contributed by atoms with E-state index in [9.17, 15) is 4.79 Å². The molecule has 29 heavy (non-hydrogen) atoms. The first kappa shape index (κ1) is 19.3. The Labute approximate surface area is 171 Å². The molecule has 152 valence electrons. The van der Waals surface area contributed by atoms with E-state index in [1.807, 2.05) is 54.4 Å². The largest absolute Gasteiger partial charge is 0.467 e. The summed E-state index contributed by atoms with van der Waals surface area (Å²) in [5.74, 6) is 1.76. The van der Waals surface area contributed by atoms with E-state index in [2.05, 4.69) is 23.9 Å². The number of rotatable bonds is 8. The minimum atomic E-state index is 0.122. The highest BCUT2D eigenvalue weighted by Gasteiger charge is 2.35. The molecule has 1 aliphatic carbocycles. The van der Waals surface area contributed by atoms with Gasteiger partial charge in [0, 0.05) is 24.6 Å². The number of carbonyl (C=O) groups is 1. The van der Waals surface area contributed by atoms with Gasteiger partial charge in [-0.25, -0.2) is 0 Å². The van der Waals surface area contributed by atoms with Gasteiger partial charge in [0.2, 0.25) is 11.8 Å². The molecule has 1 saturated carbocycles. The molecule has 0 atom stereocenters. The molecule has 0 aliphatic heterocycles. The molecule has 0 radical (unpaired) electrons. The number of carbonyl (C=O) groups excluding carboxylic acids is 1. The quantitative estimate of drug-likeness (QED) is 0.554. The van der Waals surface area contributed by atoms with E-state index in [1.165, 1.54) is 0 Å². The predicted octanol–water partition coefficient (Wildman–Crippen LogP) is 4.72. The van der Waals surface area contributed by atoms with E-state index in [0.717, 1.165) is 35.4 Å². The van der Waals surface area contributed by atoms with Crippen LogP contribution in [0.4, 0.5) is 5.88 Å². The highest BCUT2D eigenvalue weighted by atomic mass is 16.5. The van der Waals surface area contributed by atoms with Crippen LogP contribution in [0.1, 0.15) is 38.0 Å². The molecular weight excluding hydrogens is 366 g/mol. The summed E-state index contributed by atoms with van der Waals surface area (Å²) in [7, 11) is 1.99. The molecule has 3 aromatic rings. The highest BCUT2D eigenvalue weighted by molar-refractivity contribution is 5.81. The molecule has 0 spiro atoms. The molecule has 0 unspecified atom stereocenters. The van der Waals surface area contributed by atoms with E-state index < -0.39 is 0 Å². The third-order valence-corrected chi connectivity index (χ3v) is 5.42. The number of hydrogen-bond acceptors (Lipinski definition) is 5. The average Bonchev–Trinajstić information content (AvgIpc) is 3.30. The first-order chi connectivity index (χ1) is 14.0. The monoisotopic (exact) mass is 393 g/mol. The summed E-state index contributed by atoms with van der Waals surface area (Å²) in [6.07, 6.45) is 3.56. The van der Waals surface area contributed by atoms with Crippen molar-refractivity contribution in [1.82, 2.24) is 10.1 Å². The maximum Gasteiger partial charge on any atom is 0.232 e. The van der Waals surface area contributed by atoms with Crippen LogP contribution >= 0.6 is 0 Å². The van der Waals surface area contributed by atoms with Crippen molar-refractivity contribution in [3.8, 4) is 11.3 Å². The summed E-state index contributed by atoms with van der Waals surface area (Å²) >= 11 is 0. The third-order valence-electron chi connectivity index (χ3n) is 5.42. The van der Waals surface area contributed by atoms with Crippen LogP contribution in [0.2, 0.25) is 0 Å². The fraction of sp³-hybridized carbons (Fsp3) is 0.391. The number of nitrogens with zero attached hydrogens (tertiary/aromatic N) is 3. The third kappa shape index (κ3) is 4.21. The van der Waals surface area contributed by atoms with Gasteiger partial charge in [-0.3, -0.25) is 4.79 Å². The minimum absolute atomic E-state index is 0.122. The summed E-state index contributed by atoms with van der Waals surface area (Å²) in [5.41, 5.74) is 2.68. The van der Waals surface area contributed by atoms with Crippen molar-refractivity contribution in [2.45, 2.75) is 45.8 Å². The van der Waals surface area contributed by atoms with Crippen LogP contribution in [0.3, 0.4) is 0 Å². The molecule has 0 saturated heterocycles. The topological polar surface area (TPSA) is 62.7 Å². The van der Waals surface area contributed by atoms with Gasteiger partial charge in [-0.15, -0.1) is 0 Å². The Morgan fingerprint density at radius 1 is 1.14 bits per heavy atom. The molecule has 0 bridgehead atoms. The molecular formula is C23H27N3O3. The Hall–Kier alpha value is -3.02. The second-order valence-corrected chi connectivity index (χ2v) is 7.93. The molecule has 6 nitrogen and oxygen atoms in total. The van der Waals surface area contributed by atoms with Crippen LogP contribution in [0.25, 0.3) is 11.3 Å². The number of aromatic nitrogens is 1. The van der Waals surface area contributed by atoms with E-state index in [-0.39, 0.29) is 17.9 Å². The second kappa shape index (κ2) is 8.15. The number of anilines is 1. The van der Waals surface area contributed by atoms with Gasteiger partial charge >= 0.3 is 0 Å². The fourth-order valence-electron chi connectivity index (χ4n) is 3.36. The normalized spacial score (nSPS) is 13.7. The van der Waals surface area contributed by atoms with E-state index in [1.54, 1.807) is 6.26 Å². The van der Waals surface area contributed by atoms with Gasteiger partial charge in [-0.05, 0) is 38.8 Å². The van der Waals surface area contributed by atoms with Crippen LogP contribution in [-0.4, -0.2) is 29.1 Å². The maximum absolute atomic E-state index is 13.0. The van der Waals surface area contributed by atoms with Crippen molar-refractivity contribution in [2.24, 2.45) is 5.92 Å². The van der Waals surface area contributed by atoms with Crippen molar-refractivity contribution in [2.75, 3.05) is 11.9 Å². The lowest BCUT2D eigenvalue weighted by atomic mass is 10.1. The Morgan fingerprint density at radius 3 is 2.52 bits per heavy atom. The lowest BCUT2D eigenvalue weighted by molar-refractivity contribution is -0.134. The van der Waals surface area contributed by atoms with Crippen LogP contribution < -0.4 is 4.90 Å². The Kier molecular flexibility index (Phi) is 5.43. The van der Waals surface area contributed by atoms with Crippen LogP contribution in [0, 0.1) is 5.92 Å². The zero-order valence-electron chi connectivity index (χ0n) is 17.2. The molecule has 6 heteroatoms. The lowest BCUT2D eigenvalue weighted by Gasteiger charge is -2.25. The van der Waals surface area contributed by atoms with Crippen molar-refractivity contribution in [3.63, 3.8) is 0 Å². The molecule has 1 amide bonds. The zero-order chi connectivity index (χ0) is 20.4. The van der Waals surface area contributed by atoms with E-state index in [0.29, 0.717) is 19.0 Å². The van der Waals surface area contributed by atoms with E-state index >= 15 is 0 Å². The fourth-order valence-corrected chi connectivity index (χ4v) is 3.36. The lowest BCUT2D eigenvalue weighted by Crippen LogP contribution is -2.32. The minimum Gasteiger partial charge on any atom is -0.467 e. The molecule has 2 heterocycles. The molecule has 1 aromatic carbocycles. The van der Waals surface area contributed by atoms with Crippen molar-refractivity contribution in [3.05, 3.63) is 60.1 Å². The Balaban J connectivity index is 1.71. The SMILES string of the molecule is CC(C)N(C)c1onc(-c2ccccc2)c1CN(Cc1ccco1)C(=O)C1CC1. The van der Waals surface area contributed by atoms with Crippen molar-refractivity contribution < 1.29 is 13.7 Å². The summed E-state index contributed by atoms with van der Waals surface area (Å²) in [5, 5.41) is 4.38. The van der Waals surface area contributed by atoms with Gasteiger partial charge in [0.05, 0.1) is 24.9 Å². The molecule has 1 aliphatic rings.